The van der Waals surface area contributed by atoms with Crippen molar-refractivity contribution in [2.45, 2.75) is 51.0 Å². The molecule has 0 unspecified atom stereocenters. The number of H-pyrrole nitrogens is 1. The summed E-state index contributed by atoms with van der Waals surface area (Å²) in [6, 6.07) is 3.93. The molecule has 0 aliphatic carbocycles. The first-order valence-corrected chi connectivity index (χ1v) is 10.5. The molecule has 3 aliphatic heterocycles. The van der Waals surface area contributed by atoms with E-state index in [-0.39, 0.29) is 17.4 Å². The van der Waals surface area contributed by atoms with E-state index in [4.69, 9.17) is 0 Å². The highest BCUT2D eigenvalue weighted by Crippen LogP contribution is 2.30. The maximum absolute atomic E-state index is 12.7. The smallest absolute Gasteiger partial charge is 0.264 e. The van der Waals surface area contributed by atoms with Gasteiger partial charge in [-0.1, -0.05) is 6.42 Å². The van der Waals surface area contributed by atoms with Crippen molar-refractivity contribution in [3.8, 4) is 0 Å². The Hall–Kier alpha value is -1.89. The Kier molecular flexibility index (Phi) is 5.76. The highest BCUT2D eigenvalue weighted by molar-refractivity contribution is 5.79. The third-order valence-electron chi connectivity index (χ3n) is 6.62. The number of amides is 1. The van der Waals surface area contributed by atoms with Crippen LogP contribution in [0.15, 0.2) is 16.9 Å². The van der Waals surface area contributed by atoms with Crippen molar-refractivity contribution in [3.05, 3.63) is 22.5 Å². The van der Waals surface area contributed by atoms with E-state index in [0.29, 0.717) is 12.0 Å². The molecule has 1 amide bonds. The van der Waals surface area contributed by atoms with Crippen molar-refractivity contribution >= 4 is 11.7 Å². The molecule has 0 spiro atoms. The first kappa shape index (κ1) is 18.5. The van der Waals surface area contributed by atoms with Crippen LogP contribution in [0.2, 0.25) is 0 Å². The zero-order valence-corrected chi connectivity index (χ0v) is 16.0. The van der Waals surface area contributed by atoms with Gasteiger partial charge in [-0.3, -0.25) is 9.59 Å². The predicted molar refractivity (Wildman–Crippen MR) is 105 cm³/mol. The maximum Gasteiger partial charge on any atom is 0.264 e. The van der Waals surface area contributed by atoms with Gasteiger partial charge in [0.25, 0.3) is 5.56 Å². The number of hydrogen-bond donors (Lipinski definition) is 2. The Morgan fingerprint density at radius 1 is 1.07 bits per heavy atom. The van der Waals surface area contributed by atoms with Gasteiger partial charge in [-0.25, -0.2) is 5.10 Å². The van der Waals surface area contributed by atoms with Crippen molar-refractivity contribution in [3.63, 3.8) is 0 Å². The average Bonchev–Trinajstić information content (AvgIpc) is 2.72. The lowest BCUT2D eigenvalue weighted by atomic mass is 9.83. The summed E-state index contributed by atoms with van der Waals surface area (Å²) in [5, 5.41) is 9.84. The Labute approximate surface area is 160 Å². The Balaban J connectivity index is 1.24. The zero-order valence-electron chi connectivity index (χ0n) is 16.0. The van der Waals surface area contributed by atoms with Crippen molar-refractivity contribution in [1.29, 1.82) is 0 Å². The monoisotopic (exact) mass is 373 g/mol. The van der Waals surface area contributed by atoms with Gasteiger partial charge in [0.15, 0.2) is 0 Å². The normalized spacial score (nSPS) is 27.2. The van der Waals surface area contributed by atoms with Crippen LogP contribution in [0.5, 0.6) is 0 Å². The molecule has 0 radical (unpaired) electrons. The van der Waals surface area contributed by atoms with Crippen LogP contribution in [-0.4, -0.2) is 59.8 Å². The van der Waals surface area contributed by atoms with Crippen molar-refractivity contribution < 1.29 is 4.79 Å². The molecule has 7 nitrogen and oxygen atoms in total. The molecule has 1 aromatic rings. The third kappa shape index (κ3) is 4.34. The van der Waals surface area contributed by atoms with Crippen molar-refractivity contribution in [2.24, 2.45) is 11.8 Å². The number of rotatable bonds is 4. The number of nitrogens with zero attached hydrogens (tertiary/aromatic N) is 3. The highest BCUT2D eigenvalue weighted by Gasteiger charge is 2.33. The van der Waals surface area contributed by atoms with Crippen molar-refractivity contribution in [2.75, 3.05) is 37.6 Å². The first-order valence-electron chi connectivity index (χ1n) is 10.5. The molecular formula is C20H31N5O2. The van der Waals surface area contributed by atoms with E-state index in [1.807, 2.05) is 0 Å². The van der Waals surface area contributed by atoms with E-state index in [1.54, 1.807) is 6.07 Å². The third-order valence-corrected chi connectivity index (χ3v) is 6.62. The van der Waals surface area contributed by atoms with E-state index >= 15 is 0 Å². The molecule has 4 rings (SSSR count). The fourth-order valence-corrected chi connectivity index (χ4v) is 5.08. The van der Waals surface area contributed by atoms with E-state index in [9.17, 15) is 9.59 Å². The van der Waals surface area contributed by atoms with E-state index in [0.717, 1.165) is 38.3 Å². The quantitative estimate of drug-likeness (QED) is 0.833. The number of aromatic amines is 1. The van der Waals surface area contributed by atoms with Crippen LogP contribution >= 0.6 is 0 Å². The molecular weight excluding hydrogens is 342 g/mol. The van der Waals surface area contributed by atoms with Gasteiger partial charge in [-0.2, -0.15) is 5.10 Å². The molecule has 3 aliphatic rings. The topological polar surface area (TPSA) is 81.3 Å². The number of carbonyl (C=O) groups excluding carboxylic acids is 1. The second-order valence-corrected chi connectivity index (χ2v) is 8.29. The average molecular weight is 374 g/mol. The van der Waals surface area contributed by atoms with Gasteiger partial charge in [0, 0.05) is 37.7 Å². The first-order chi connectivity index (χ1) is 13.2. The lowest BCUT2D eigenvalue weighted by Gasteiger charge is -2.44. The van der Waals surface area contributed by atoms with Gasteiger partial charge in [0.2, 0.25) is 5.91 Å². The number of fused-ring (bicyclic) bond motifs is 1. The van der Waals surface area contributed by atoms with E-state index in [1.165, 1.54) is 51.3 Å². The second kappa shape index (κ2) is 8.42. The van der Waals surface area contributed by atoms with Crippen LogP contribution in [0.1, 0.15) is 44.9 Å². The molecule has 148 valence electrons. The lowest BCUT2D eigenvalue weighted by molar-refractivity contribution is -0.126. The SMILES string of the molecule is O=C(NC[C@@H]1CCCN2CCCC[C@H]12)C1CCN(c2ccc(=O)[nH]n2)CC1. The molecule has 4 heterocycles. The Bertz CT molecular complexity index is 675. The molecule has 1 aromatic heterocycles. The molecule has 0 saturated carbocycles. The molecule has 7 heteroatoms. The van der Waals surface area contributed by atoms with Crippen LogP contribution in [0.25, 0.3) is 0 Å². The molecule has 27 heavy (non-hydrogen) atoms. The van der Waals surface area contributed by atoms with Gasteiger partial charge in [-0.05, 0) is 63.6 Å². The Morgan fingerprint density at radius 2 is 1.89 bits per heavy atom. The number of carbonyl (C=O) groups is 1. The van der Waals surface area contributed by atoms with Gasteiger partial charge in [0.1, 0.15) is 5.82 Å². The number of nitrogens with one attached hydrogen (secondary N) is 2. The fraction of sp³-hybridized carbons (Fsp3) is 0.750. The van der Waals surface area contributed by atoms with Gasteiger partial charge < -0.3 is 15.1 Å². The summed E-state index contributed by atoms with van der Waals surface area (Å²) in [7, 11) is 0. The minimum absolute atomic E-state index is 0.0926. The number of anilines is 1. The summed E-state index contributed by atoms with van der Waals surface area (Å²) >= 11 is 0. The molecule has 3 fully saturated rings. The van der Waals surface area contributed by atoms with Crippen LogP contribution in [-0.2, 0) is 4.79 Å². The summed E-state index contributed by atoms with van der Waals surface area (Å²) < 4.78 is 0. The van der Waals surface area contributed by atoms with Gasteiger partial charge in [-0.15, -0.1) is 0 Å². The minimum Gasteiger partial charge on any atom is -0.356 e. The number of hydrogen-bond acceptors (Lipinski definition) is 5. The second-order valence-electron chi connectivity index (χ2n) is 8.29. The molecule has 2 N–H and O–H groups in total. The lowest BCUT2D eigenvalue weighted by Crippen LogP contribution is -2.51. The summed E-state index contributed by atoms with van der Waals surface area (Å²) in [6.45, 7) is 4.92. The summed E-state index contributed by atoms with van der Waals surface area (Å²) in [5.41, 5.74) is -0.188. The van der Waals surface area contributed by atoms with E-state index < -0.39 is 0 Å². The maximum atomic E-state index is 12.7. The molecule has 2 atom stereocenters. The van der Waals surface area contributed by atoms with E-state index in [2.05, 4.69) is 25.3 Å². The Morgan fingerprint density at radius 3 is 2.67 bits per heavy atom. The highest BCUT2D eigenvalue weighted by atomic mass is 16.2. The molecule has 0 bridgehead atoms. The van der Waals surface area contributed by atoms with Crippen molar-refractivity contribution in [1.82, 2.24) is 20.4 Å². The molecule has 3 saturated heterocycles. The summed E-state index contributed by atoms with van der Waals surface area (Å²) in [6.07, 6.45) is 8.16. The molecule has 0 aromatic carbocycles. The minimum atomic E-state index is -0.188. The zero-order chi connectivity index (χ0) is 18.6. The standard InChI is InChI=1S/C20H31N5O2/c26-19-7-6-18(22-23-19)25-12-8-15(9-13-25)20(27)21-14-16-4-3-11-24-10-2-1-5-17(16)24/h6-7,15-17H,1-5,8-14H2,(H,21,27)(H,23,26)/t16-,17+/m0/s1. The van der Waals surface area contributed by atoms with Crippen LogP contribution in [0, 0.1) is 11.8 Å². The summed E-state index contributed by atoms with van der Waals surface area (Å²) in [5.74, 6) is 1.72. The fourth-order valence-electron chi connectivity index (χ4n) is 5.08. The summed E-state index contributed by atoms with van der Waals surface area (Å²) in [4.78, 5) is 28.6. The number of piperidine rings is 3. The predicted octanol–water partition coefficient (Wildman–Crippen LogP) is 1.37. The number of aromatic nitrogens is 2. The van der Waals surface area contributed by atoms with Crippen LogP contribution < -0.4 is 15.8 Å². The largest absolute Gasteiger partial charge is 0.356 e. The van der Waals surface area contributed by atoms with Gasteiger partial charge in [0.05, 0.1) is 0 Å². The van der Waals surface area contributed by atoms with Crippen LogP contribution in [0.4, 0.5) is 5.82 Å². The van der Waals surface area contributed by atoms with Crippen LogP contribution in [0.3, 0.4) is 0 Å². The van der Waals surface area contributed by atoms with Gasteiger partial charge >= 0.3 is 0 Å².